The molecule has 0 fully saturated rings. The van der Waals surface area contributed by atoms with Gasteiger partial charge in [0.2, 0.25) is 0 Å². The Bertz CT molecular complexity index is 812. The second-order valence-electron chi connectivity index (χ2n) is 5.42. The van der Waals surface area contributed by atoms with Crippen LogP contribution in [0.25, 0.3) is 6.08 Å². The summed E-state index contributed by atoms with van der Waals surface area (Å²) in [6.07, 6.45) is 2.13. The van der Waals surface area contributed by atoms with Crippen LogP contribution in [0.5, 0.6) is 5.75 Å². The Morgan fingerprint density at radius 3 is 1.71 bits per heavy atom. The van der Waals surface area contributed by atoms with Gasteiger partial charge in [-0.05, 0) is 34.1 Å². The maximum atomic E-state index is 6.18. The number of methoxy groups -OCH3 is 1. The van der Waals surface area contributed by atoms with E-state index in [0.29, 0.717) is 0 Å². The van der Waals surface area contributed by atoms with Gasteiger partial charge in [-0.15, -0.1) is 0 Å². The number of ether oxygens (including phenoxy) is 1. The number of rotatable bonds is 5. The molecule has 1 nitrogen and oxygen atoms in total. The summed E-state index contributed by atoms with van der Waals surface area (Å²) >= 11 is 6.18. The monoisotopic (exact) mass is 350 g/mol. The van der Waals surface area contributed by atoms with Crippen LogP contribution in [0.2, 0.25) is 0 Å². The van der Waals surface area contributed by atoms with Gasteiger partial charge >= 0.3 is 0 Å². The van der Waals surface area contributed by atoms with Gasteiger partial charge in [-0.1, -0.05) is 90.7 Å². The minimum atomic E-state index is -1.99. The molecule has 0 unspecified atom stereocenters. The highest BCUT2D eigenvalue weighted by molar-refractivity contribution is 8.23. The van der Waals surface area contributed by atoms with Gasteiger partial charge in [-0.25, -0.2) is 0 Å². The molecule has 0 aromatic heterocycles. The van der Waals surface area contributed by atoms with Crippen LogP contribution in [0, 0.1) is 0 Å². The second-order valence-corrected chi connectivity index (χ2v) is 9.79. The number of hydrogen-bond acceptors (Lipinski definition) is 2. The molecule has 0 N–H and O–H groups in total. The first-order valence-electron chi connectivity index (χ1n) is 7.77. The Hall–Kier alpha value is -2.15. The van der Waals surface area contributed by atoms with Crippen molar-refractivity contribution in [3.8, 4) is 5.75 Å². The molecule has 0 aliphatic heterocycles. The third-order valence-corrected chi connectivity index (χ3v) is 8.20. The molecule has 120 valence electrons. The molecule has 3 aromatic rings. The van der Waals surface area contributed by atoms with E-state index in [-0.39, 0.29) is 0 Å². The molecule has 3 aromatic carbocycles. The zero-order chi connectivity index (χ0) is 16.8. The lowest BCUT2D eigenvalue weighted by atomic mass is 10.2. The maximum Gasteiger partial charge on any atom is 0.118 e. The first kappa shape index (κ1) is 16.7. The van der Waals surface area contributed by atoms with Gasteiger partial charge in [-0.3, -0.25) is 0 Å². The van der Waals surface area contributed by atoms with E-state index in [1.54, 1.807) is 7.11 Å². The summed E-state index contributed by atoms with van der Waals surface area (Å²) in [6.45, 7) is 0. The van der Waals surface area contributed by atoms with E-state index in [1.807, 2.05) is 36.4 Å². The molecule has 0 aliphatic carbocycles. The Balaban J connectivity index is 2.02. The fourth-order valence-electron chi connectivity index (χ4n) is 2.53. The molecule has 0 saturated heterocycles. The predicted molar refractivity (Wildman–Crippen MR) is 108 cm³/mol. The van der Waals surface area contributed by atoms with Crippen molar-refractivity contribution in [2.75, 3.05) is 7.11 Å². The van der Waals surface area contributed by atoms with Gasteiger partial charge in [0, 0.05) is 6.04 Å². The van der Waals surface area contributed by atoms with Gasteiger partial charge in [-0.2, -0.15) is 0 Å². The Kier molecular flexibility index (Phi) is 5.30. The lowest BCUT2D eigenvalue weighted by Gasteiger charge is -2.19. The van der Waals surface area contributed by atoms with Crippen molar-refractivity contribution in [3.63, 3.8) is 0 Å². The van der Waals surface area contributed by atoms with Crippen LogP contribution in [-0.2, 0) is 11.8 Å². The Morgan fingerprint density at radius 1 is 0.750 bits per heavy atom. The van der Waals surface area contributed by atoms with E-state index in [0.717, 1.165) is 11.3 Å². The van der Waals surface area contributed by atoms with Crippen LogP contribution in [0.1, 0.15) is 5.56 Å². The third kappa shape index (κ3) is 3.67. The standard InChI is InChI=1S/C21H19OPS/c1-22-19-14-12-18(13-15-19)16-17-23(24,20-8-4-2-5-9-20)21-10-6-3-7-11-21/h2-17H,1H3/b17-16-. The average Bonchev–Trinajstić information content (AvgIpc) is 2.68. The summed E-state index contributed by atoms with van der Waals surface area (Å²) in [4.78, 5) is 0. The van der Waals surface area contributed by atoms with Crippen LogP contribution >= 0.6 is 6.04 Å². The van der Waals surface area contributed by atoms with E-state index in [9.17, 15) is 0 Å². The maximum absolute atomic E-state index is 6.18. The fourth-order valence-corrected chi connectivity index (χ4v) is 5.69. The molecule has 0 radical (unpaired) electrons. The first-order valence-corrected chi connectivity index (χ1v) is 10.6. The quantitative estimate of drug-likeness (QED) is 0.612. The van der Waals surface area contributed by atoms with Gasteiger partial charge in [0.25, 0.3) is 0 Å². The molecule has 0 spiro atoms. The third-order valence-electron chi connectivity index (χ3n) is 3.87. The Labute approximate surface area is 148 Å². The van der Waals surface area contributed by atoms with Crippen molar-refractivity contribution in [3.05, 3.63) is 96.3 Å². The lowest BCUT2D eigenvalue weighted by molar-refractivity contribution is 0.415. The number of benzene rings is 3. The van der Waals surface area contributed by atoms with Crippen molar-refractivity contribution in [1.82, 2.24) is 0 Å². The average molecular weight is 350 g/mol. The largest absolute Gasteiger partial charge is 0.497 e. The van der Waals surface area contributed by atoms with Gasteiger partial charge in [0.15, 0.2) is 0 Å². The van der Waals surface area contributed by atoms with Crippen molar-refractivity contribution >= 4 is 34.5 Å². The minimum absolute atomic E-state index is 0.859. The molecular formula is C21H19OPS. The van der Waals surface area contributed by atoms with E-state index < -0.39 is 6.04 Å². The molecule has 0 aliphatic rings. The SMILES string of the molecule is COc1ccc(/C=C\P(=S)(c2ccccc2)c2ccccc2)cc1. The van der Waals surface area contributed by atoms with Crippen LogP contribution in [0.4, 0.5) is 0 Å². The highest BCUT2D eigenvalue weighted by Gasteiger charge is 2.18. The van der Waals surface area contributed by atoms with Crippen LogP contribution in [0.15, 0.2) is 90.7 Å². The number of hydrogen-bond donors (Lipinski definition) is 0. The highest BCUT2D eigenvalue weighted by Crippen LogP contribution is 2.45. The van der Waals surface area contributed by atoms with Gasteiger partial charge < -0.3 is 4.74 Å². The summed E-state index contributed by atoms with van der Waals surface area (Å²) in [5, 5.41) is 2.41. The molecule has 0 saturated carbocycles. The van der Waals surface area contributed by atoms with Gasteiger partial charge in [0.05, 0.1) is 7.11 Å². The molecule has 3 rings (SSSR count). The van der Waals surface area contributed by atoms with E-state index >= 15 is 0 Å². The molecule has 0 bridgehead atoms. The van der Waals surface area contributed by atoms with Crippen LogP contribution < -0.4 is 15.3 Å². The van der Waals surface area contributed by atoms with Crippen molar-refractivity contribution in [2.24, 2.45) is 0 Å². The smallest absolute Gasteiger partial charge is 0.118 e. The fraction of sp³-hybridized carbons (Fsp3) is 0.0476. The summed E-state index contributed by atoms with van der Waals surface area (Å²) in [5.74, 6) is 3.06. The zero-order valence-corrected chi connectivity index (χ0v) is 15.2. The normalized spacial score (nSPS) is 11.5. The molecule has 0 atom stereocenters. The predicted octanol–water partition coefficient (Wildman–Crippen LogP) is 4.80. The summed E-state index contributed by atoms with van der Waals surface area (Å²) in [6, 6.07) is 26.8. The van der Waals surface area contributed by atoms with Crippen LogP contribution in [-0.4, -0.2) is 7.11 Å². The van der Waals surface area contributed by atoms with E-state index in [1.165, 1.54) is 10.6 Å². The highest BCUT2D eigenvalue weighted by atomic mass is 32.4. The molecule has 24 heavy (non-hydrogen) atoms. The second kappa shape index (κ2) is 7.61. The first-order chi connectivity index (χ1) is 11.7. The zero-order valence-electron chi connectivity index (χ0n) is 13.5. The molecule has 0 heterocycles. The van der Waals surface area contributed by atoms with Crippen molar-refractivity contribution in [2.45, 2.75) is 0 Å². The van der Waals surface area contributed by atoms with Crippen molar-refractivity contribution in [1.29, 1.82) is 0 Å². The van der Waals surface area contributed by atoms with Crippen molar-refractivity contribution < 1.29 is 4.74 Å². The summed E-state index contributed by atoms with van der Waals surface area (Å²) < 4.78 is 5.22. The topological polar surface area (TPSA) is 9.23 Å². The minimum Gasteiger partial charge on any atom is -0.497 e. The summed E-state index contributed by atoms with van der Waals surface area (Å²) in [7, 11) is 1.68. The van der Waals surface area contributed by atoms with Gasteiger partial charge in [0.1, 0.15) is 5.75 Å². The lowest BCUT2D eigenvalue weighted by Crippen LogP contribution is -2.13. The molecule has 0 amide bonds. The Morgan fingerprint density at radius 2 is 1.25 bits per heavy atom. The molecule has 3 heteroatoms. The molecular weight excluding hydrogens is 331 g/mol. The van der Waals surface area contributed by atoms with E-state index in [2.05, 4.69) is 60.4 Å². The van der Waals surface area contributed by atoms with E-state index in [4.69, 9.17) is 16.5 Å². The summed E-state index contributed by atoms with van der Waals surface area (Å²) in [5.41, 5.74) is 1.12. The van der Waals surface area contributed by atoms with Crippen LogP contribution in [0.3, 0.4) is 0 Å².